The molecule has 0 spiro atoms. The Morgan fingerprint density at radius 1 is 1.03 bits per heavy atom. The zero-order chi connectivity index (χ0) is 26.4. The summed E-state index contributed by atoms with van der Waals surface area (Å²) in [6, 6.07) is 20.9. The van der Waals surface area contributed by atoms with Gasteiger partial charge in [-0.3, -0.25) is 9.59 Å². The highest BCUT2D eigenvalue weighted by Crippen LogP contribution is 2.38. The van der Waals surface area contributed by atoms with E-state index in [4.69, 9.17) is 0 Å². The maximum absolute atomic E-state index is 13.8. The molecule has 3 aromatic rings. The van der Waals surface area contributed by atoms with Crippen molar-refractivity contribution in [1.29, 1.82) is 0 Å². The van der Waals surface area contributed by atoms with E-state index >= 15 is 0 Å². The van der Waals surface area contributed by atoms with Crippen molar-refractivity contribution >= 4 is 23.2 Å². The number of unbranched alkanes of at least 4 members (excludes halogenated alkanes) is 1. The van der Waals surface area contributed by atoms with Crippen LogP contribution >= 0.6 is 11.3 Å². The smallest absolute Gasteiger partial charge is 0.242 e. The van der Waals surface area contributed by atoms with Gasteiger partial charge in [0, 0.05) is 24.4 Å². The first-order valence-electron chi connectivity index (χ1n) is 13.6. The van der Waals surface area contributed by atoms with Crippen molar-refractivity contribution < 1.29 is 9.59 Å². The summed E-state index contributed by atoms with van der Waals surface area (Å²) < 4.78 is 0. The summed E-state index contributed by atoms with van der Waals surface area (Å²) in [6.45, 7) is 10.2. The molecule has 0 fully saturated rings. The van der Waals surface area contributed by atoms with E-state index in [1.165, 1.54) is 16.0 Å². The number of fused-ring (bicyclic) bond motifs is 1. The Kier molecular flexibility index (Phi) is 8.86. The molecule has 0 saturated heterocycles. The number of carbonyl (C=O) groups excluding carboxylic acids is 2. The Bertz CT molecular complexity index is 1180. The number of carbonyl (C=O) groups is 2. The molecule has 1 aliphatic rings. The molecular formula is C32H40N2O2S. The zero-order valence-electron chi connectivity index (χ0n) is 22.7. The third-order valence-corrected chi connectivity index (χ3v) is 8.31. The van der Waals surface area contributed by atoms with E-state index in [0.29, 0.717) is 25.9 Å². The average molecular weight is 517 g/mol. The van der Waals surface area contributed by atoms with Gasteiger partial charge in [0.2, 0.25) is 11.8 Å². The molecule has 0 aliphatic carbocycles. The van der Waals surface area contributed by atoms with Gasteiger partial charge in [-0.05, 0) is 58.4 Å². The fourth-order valence-electron chi connectivity index (χ4n) is 5.06. The zero-order valence-corrected chi connectivity index (χ0v) is 23.5. The quantitative estimate of drug-likeness (QED) is 0.314. The molecule has 37 heavy (non-hydrogen) atoms. The second-order valence-electron chi connectivity index (χ2n) is 11.1. The molecule has 0 radical (unpaired) electrons. The Morgan fingerprint density at radius 2 is 1.76 bits per heavy atom. The molecule has 1 unspecified atom stereocenters. The fourth-order valence-corrected chi connectivity index (χ4v) is 5.96. The van der Waals surface area contributed by atoms with E-state index in [9.17, 15) is 9.59 Å². The lowest BCUT2D eigenvalue weighted by Crippen LogP contribution is -2.47. The van der Waals surface area contributed by atoms with E-state index < -0.39 is 0 Å². The van der Waals surface area contributed by atoms with Gasteiger partial charge in [-0.2, -0.15) is 0 Å². The van der Waals surface area contributed by atoms with Gasteiger partial charge in [-0.15, -0.1) is 11.3 Å². The van der Waals surface area contributed by atoms with Crippen LogP contribution in [0.3, 0.4) is 0 Å². The summed E-state index contributed by atoms with van der Waals surface area (Å²) in [7, 11) is 0. The average Bonchev–Trinajstić information content (AvgIpc) is 3.38. The molecular weight excluding hydrogens is 476 g/mol. The van der Waals surface area contributed by atoms with Gasteiger partial charge in [-0.1, -0.05) is 88.7 Å². The number of thiophene rings is 1. The SMILES string of the molecule is CCCCN(CC(=O)N1CCc2sccc2C1c1ccc(C(C)(C)C)cc1)C(=O)CCc1ccccc1. The van der Waals surface area contributed by atoms with Gasteiger partial charge < -0.3 is 9.80 Å². The predicted octanol–water partition coefficient (Wildman–Crippen LogP) is 6.78. The predicted molar refractivity (Wildman–Crippen MR) is 153 cm³/mol. The van der Waals surface area contributed by atoms with Crippen LogP contribution in [0.25, 0.3) is 0 Å². The van der Waals surface area contributed by atoms with Crippen LogP contribution in [0.5, 0.6) is 0 Å². The summed E-state index contributed by atoms with van der Waals surface area (Å²) in [5, 5.41) is 2.13. The van der Waals surface area contributed by atoms with Crippen LogP contribution in [-0.2, 0) is 27.8 Å². The molecule has 0 saturated carbocycles. The monoisotopic (exact) mass is 516 g/mol. The van der Waals surface area contributed by atoms with Gasteiger partial charge in [-0.25, -0.2) is 0 Å². The number of rotatable bonds is 9. The van der Waals surface area contributed by atoms with Crippen LogP contribution in [-0.4, -0.2) is 41.2 Å². The van der Waals surface area contributed by atoms with E-state index in [0.717, 1.165) is 30.4 Å². The Hall–Kier alpha value is -2.92. The number of amides is 2. The first-order valence-corrected chi connectivity index (χ1v) is 14.4. The molecule has 0 N–H and O–H groups in total. The second kappa shape index (κ2) is 12.1. The highest BCUT2D eigenvalue weighted by Gasteiger charge is 2.34. The Labute approximate surface area is 226 Å². The van der Waals surface area contributed by atoms with E-state index in [1.54, 1.807) is 16.2 Å². The number of benzene rings is 2. The Balaban J connectivity index is 1.53. The number of hydrogen-bond acceptors (Lipinski definition) is 3. The van der Waals surface area contributed by atoms with Crippen molar-refractivity contribution in [2.75, 3.05) is 19.6 Å². The summed E-state index contributed by atoms with van der Waals surface area (Å²) in [4.78, 5) is 32.2. The van der Waals surface area contributed by atoms with Crippen LogP contribution in [0.1, 0.15) is 80.1 Å². The van der Waals surface area contributed by atoms with Crippen molar-refractivity contribution in [1.82, 2.24) is 9.80 Å². The van der Waals surface area contributed by atoms with Gasteiger partial charge in [0.05, 0.1) is 12.6 Å². The number of nitrogens with zero attached hydrogens (tertiary/aromatic N) is 2. The fraction of sp³-hybridized carbons (Fsp3) is 0.438. The van der Waals surface area contributed by atoms with Crippen LogP contribution in [0, 0.1) is 0 Å². The normalized spacial score (nSPS) is 15.4. The highest BCUT2D eigenvalue weighted by atomic mass is 32.1. The lowest BCUT2D eigenvalue weighted by Gasteiger charge is -2.38. The second-order valence-corrected chi connectivity index (χ2v) is 12.1. The maximum Gasteiger partial charge on any atom is 0.242 e. The molecule has 4 rings (SSSR count). The minimum atomic E-state index is -0.107. The maximum atomic E-state index is 13.8. The first-order chi connectivity index (χ1) is 17.8. The largest absolute Gasteiger partial charge is 0.333 e. The minimum Gasteiger partial charge on any atom is -0.333 e. The molecule has 4 nitrogen and oxygen atoms in total. The van der Waals surface area contributed by atoms with Crippen molar-refractivity contribution in [2.24, 2.45) is 0 Å². The van der Waals surface area contributed by atoms with E-state index in [1.807, 2.05) is 23.1 Å². The standard InChI is InChI=1S/C32H40N2O2S/c1-5-6-20-33(29(35)17-12-24-10-8-7-9-11-24)23-30(36)34-21-18-28-27(19-22-37-28)31(34)25-13-15-26(16-14-25)32(2,3)4/h7-11,13-16,19,22,31H,5-6,12,17-18,20-21,23H2,1-4H3. The van der Waals surface area contributed by atoms with E-state index in [-0.39, 0.29) is 29.8 Å². The topological polar surface area (TPSA) is 40.6 Å². The van der Waals surface area contributed by atoms with Crippen molar-refractivity contribution in [3.8, 4) is 0 Å². The van der Waals surface area contributed by atoms with Crippen LogP contribution in [0.4, 0.5) is 0 Å². The van der Waals surface area contributed by atoms with Gasteiger partial charge in [0.25, 0.3) is 0 Å². The van der Waals surface area contributed by atoms with Gasteiger partial charge in [0.1, 0.15) is 0 Å². The molecule has 196 valence electrons. The van der Waals surface area contributed by atoms with Gasteiger partial charge >= 0.3 is 0 Å². The van der Waals surface area contributed by atoms with Gasteiger partial charge in [0.15, 0.2) is 0 Å². The summed E-state index contributed by atoms with van der Waals surface area (Å²) in [5.41, 5.74) is 4.87. The molecule has 1 aromatic heterocycles. The van der Waals surface area contributed by atoms with Crippen LogP contribution < -0.4 is 0 Å². The van der Waals surface area contributed by atoms with Crippen LogP contribution in [0.2, 0.25) is 0 Å². The molecule has 2 amide bonds. The molecule has 1 aliphatic heterocycles. The number of aryl methyl sites for hydroxylation is 1. The number of hydrogen-bond donors (Lipinski definition) is 0. The molecule has 5 heteroatoms. The Morgan fingerprint density at radius 3 is 2.43 bits per heavy atom. The first kappa shape index (κ1) is 27.1. The third-order valence-electron chi connectivity index (χ3n) is 7.31. The molecule has 2 aromatic carbocycles. The van der Waals surface area contributed by atoms with E-state index in [2.05, 4.69) is 75.5 Å². The summed E-state index contributed by atoms with van der Waals surface area (Å²) >= 11 is 1.78. The summed E-state index contributed by atoms with van der Waals surface area (Å²) in [6.07, 6.45) is 3.87. The van der Waals surface area contributed by atoms with Crippen LogP contribution in [0.15, 0.2) is 66.0 Å². The third kappa shape index (κ3) is 6.70. The molecule has 0 bridgehead atoms. The van der Waals surface area contributed by atoms with Crippen molar-refractivity contribution in [3.63, 3.8) is 0 Å². The minimum absolute atomic E-state index is 0.0333. The molecule has 1 atom stereocenters. The lowest BCUT2D eigenvalue weighted by molar-refractivity contribution is -0.141. The van der Waals surface area contributed by atoms with Crippen molar-refractivity contribution in [2.45, 2.75) is 71.3 Å². The highest BCUT2D eigenvalue weighted by molar-refractivity contribution is 7.10. The molecule has 2 heterocycles. The van der Waals surface area contributed by atoms with Crippen molar-refractivity contribution in [3.05, 3.63) is 93.2 Å². The lowest BCUT2D eigenvalue weighted by atomic mass is 9.85. The summed E-state index contributed by atoms with van der Waals surface area (Å²) in [5.74, 6) is 0.0934.